The third kappa shape index (κ3) is 9.32. The van der Waals surface area contributed by atoms with Gasteiger partial charge in [0.05, 0.1) is 0 Å². The maximum absolute atomic E-state index is 11.6. The molecule has 5 nitrogen and oxygen atoms in total. The van der Waals surface area contributed by atoms with Gasteiger partial charge in [-0.15, -0.1) is 0 Å². The van der Waals surface area contributed by atoms with E-state index in [-0.39, 0.29) is 12.5 Å². The van der Waals surface area contributed by atoms with Gasteiger partial charge in [-0.3, -0.25) is 4.79 Å². The number of carboxylic acids is 1. The second-order valence-electron chi connectivity index (χ2n) is 6.30. The van der Waals surface area contributed by atoms with Crippen molar-refractivity contribution in [3.8, 4) is 0 Å². The number of carbonyl (C=O) groups excluding carboxylic acids is 1. The zero-order valence-electron chi connectivity index (χ0n) is 13.2. The van der Waals surface area contributed by atoms with Crippen LogP contribution in [0, 0.1) is 11.8 Å². The molecule has 0 aromatic rings. The molecule has 0 aliphatic heterocycles. The van der Waals surface area contributed by atoms with E-state index in [1.807, 2.05) is 6.92 Å². The van der Waals surface area contributed by atoms with Crippen molar-refractivity contribution in [1.82, 2.24) is 10.6 Å². The summed E-state index contributed by atoms with van der Waals surface area (Å²) in [4.78, 5) is 22.1. The van der Waals surface area contributed by atoms with Crippen LogP contribution in [0.2, 0.25) is 0 Å². The van der Waals surface area contributed by atoms with Gasteiger partial charge in [0.15, 0.2) is 0 Å². The first kappa shape index (κ1) is 17.8. The minimum Gasteiger partial charge on any atom is -0.481 e. The Morgan fingerprint density at radius 2 is 1.76 bits per heavy atom. The highest BCUT2D eigenvalue weighted by Gasteiger charge is 2.13. The number of hydrogen-bond acceptors (Lipinski definition) is 2. The summed E-state index contributed by atoms with van der Waals surface area (Å²) in [5, 5.41) is 14.4. The Hall–Kier alpha value is -1.26. The number of hydrogen-bond donors (Lipinski definition) is 3. The first-order valence-electron chi connectivity index (χ1n) is 8.31. The highest BCUT2D eigenvalue weighted by atomic mass is 16.4. The van der Waals surface area contributed by atoms with E-state index in [9.17, 15) is 9.59 Å². The van der Waals surface area contributed by atoms with Crippen LogP contribution in [-0.4, -0.2) is 30.2 Å². The van der Waals surface area contributed by atoms with Crippen LogP contribution in [0.1, 0.15) is 64.7 Å². The third-order valence-corrected chi connectivity index (χ3v) is 4.34. The summed E-state index contributed by atoms with van der Waals surface area (Å²) >= 11 is 0. The van der Waals surface area contributed by atoms with E-state index in [1.165, 1.54) is 32.1 Å². The number of aliphatic carboxylic acids is 1. The highest BCUT2D eigenvalue weighted by molar-refractivity contribution is 5.73. The molecule has 0 aromatic heterocycles. The summed E-state index contributed by atoms with van der Waals surface area (Å²) in [7, 11) is 0. The van der Waals surface area contributed by atoms with E-state index < -0.39 is 5.97 Å². The molecule has 5 heteroatoms. The largest absolute Gasteiger partial charge is 0.481 e. The first-order valence-corrected chi connectivity index (χ1v) is 8.31. The van der Waals surface area contributed by atoms with Crippen LogP contribution in [0.25, 0.3) is 0 Å². The summed E-state index contributed by atoms with van der Waals surface area (Å²) < 4.78 is 0. The van der Waals surface area contributed by atoms with Crippen molar-refractivity contribution in [2.75, 3.05) is 13.1 Å². The normalized spacial score (nSPS) is 17.2. The van der Waals surface area contributed by atoms with Gasteiger partial charge in [0, 0.05) is 19.5 Å². The number of carboxylic acid groups (broad SMARTS) is 1. The van der Waals surface area contributed by atoms with Crippen molar-refractivity contribution in [2.24, 2.45) is 11.8 Å². The minimum absolute atomic E-state index is 0.101. The van der Waals surface area contributed by atoms with Gasteiger partial charge in [-0.1, -0.05) is 39.0 Å². The van der Waals surface area contributed by atoms with Crippen LogP contribution >= 0.6 is 0 Å². The monoisotopic (exact) mass is 298 g/mol. The van der Waals surface area contributed by atoms with Gasteiger partial charge in [0.25, 0.3) is 0 Å². The molecule has 0 radical (unpaired) electrons. The fraction of sp³-hybridized carbons (Fsp3) is 0.875. The molecule has 1 aliphatic rings. The number of urea groups is 1. The fourth-order valence-electron chi connectivity index (χ4n) is 2.87. The van der Waals surface area contributed by atoms with Crippen molar-refractivity contribution in [1.29, 1.82) is 0 Å². The Balaban J connectivity index is 1.96. The molecule has 0 aromatic carbocycles. The molecular formula is C16H30N2O3. The lowest BCUT2D eigenvalue weighted by molar-refractivity contribution is -0.137. The summed E-state index contributed by atoms with van der Waals surface area (Å²) in [6, 6.07) is -0.101. The van der Waals surface area contributed by atoms with Crippen molar-refractivity contribution < 1.29 is 14.7 Å². The molecule has 2 amide bonds. The van der Waals surface area contributed by atoms with Crippen LogP contribution in [-0.2, 0) is 4.79 Å². The average molecular weight is 298 g/mol. The number of amides is 2. The summed E-state index contributed by atoms with van der Waals surface area (Å²) in [6.45, 7) is 3.38. The van der Waals surface area contributed by atoms with Gasteiger partial charge in [-0.05, 0) is 31.1 Å². The van der Waals surface area contributed by atoms with E-state index in [1.54, 1.807) is 0 Å². The molecule has 1 atom stereocenters. The Morgan fingerprint density at radius 1 is 1.10 bits per heavy atom. The van der Waals surface area contributed by atoms with Crippen molar-refractivity contribution in [3.05, 3.63) is 0 Å². The van der Waals surface area contributed by atoms with Crippen LogP contribution in [0.3, 0.4) is 0 Å². The molecule has 0 bridgehead atoms. The van der Waals surface area contributed by atoms with Gasteiger partial charge < -0.3 is 15.7 Å². The highest BCUT2D eigenvalue weighted by Crippen LogP contribution is 2.25. The van der Waals surface area contributed by atoms with Gasteiger partial charge in [-0.25, -0.2) is 4.79 Å². The zero-order chi connectivity index (χ0) is 15.5. The van der Waals surface area contributed by atoms with Crippen LogP contribution in [0.15, 0.2) is 0 Å². The number of nitrogens with one attached hydrogen (secondary N) is 2. The fourth-order valence-corrected chi connectivity index (χ4v) is 2.87. The predicted molar refractivity (Wildman–Crippen MR) is 83.2 cm³/mol. The molecular weight excluding hydrogens is 268 g/mol. The molecule has 0 heterocycles. The van der Waals surface area contributed by atoms with Gasteiger partial charge in [0.2, 0.25) is 0 Å². The topological polar surface area (TPSA) is 78.4 Å². The maximum atomic E-state index is 11.6. The predicted octanol–water partition coefficient (Wildman–Crippen LogP) is 3.15. The van der Waals surface area contributed by atoms with E-state index in [0.717, 1.165) is 25.3 Å². The molecule has 21 heavy (non-hydrogen) atoms. The van der Waals surface area contributed by atoms with Gasteiger partial charge in [-0.2, -0.15) is 0 Å². The smallest absolute Gasteiger partial charge is 0.314 e. The Bertz CT molecular complexity index is 315. The second-order valence-corrected chi connectivity index (χ2v) is 6.30. The van der Waals surface area contributed by atoms with Crippen molar-refractivity contribution >= 4 is 12.0 Å². The van der Waals surface area contributed by atoms with Gasteiger partial charge >= 0.3 is 12.0 Å². The summed E-state index contributed by atoms with van der Waals surface area (Å²) in [6.07, 6.45) is 9.44. The van der Waals surface area contributed by atoms with E-state index in [4.69, 9.17) is 5.11 Å². The maximum Gasteiger partial charge on any atom is 0.314 e. The first-order chi connectivity index (χ1) is 10.1. The van der Waals surface area contributed by atoms with E-state index in [2.05, 4.69) is 10.6 Å². The van der Waals surface area contributed by atoms with E-state index in [0.29, 0.717) is 18.9 Å². The average Bonchev–Trinajstić information content (AvgIpc) is 2.46. The van der Waals surface area contributed by atoms with Crippen LogP contribution in [0.5, 0.6) is 0 Å². The SMILES string of the molecule is CC(CCNC(=O)NCCC1CCCCC1)CCC(=O)O. The number of rotatable bonds is 9. The molecule has 0 spiro atoms. The third-order valence-electron chi connectivity index (χ3n) is 4.34. The molecule has 0 saturated heterocycles. The molecule has 1 rings (SSSR count). The number of carbonyl (C=O) groups is 2. The van der Waals surface area contributed by atoms with Crippen molar-refractivity contribution in [2.45, 2.75) is 64.7 Å². The minimum atomic E-state index is -0.754. The molecule has 122 valence electrons. The summed E-state index contributed by atoms with van der Waals surface area (Å²) in [5.74, 6) is 0.356. The van der Waals surface area contributed by atoms with Crippen LogP contribution < -0.4 is 10.6 Å². The Morgan fingerprint density at radius 3 is 2.43 bits per heavy atom. The summed E-state index contributed by atoms with van der Waals surface area (Å²) in [5.41, 5.74) is 0. The lowest BCUT2D eigenvalue weighted by atomic mass is 9.87. The molecule has 1 fully saturated rings. The zero-order valence-corrected chi connectivity index (χ0v) is 13.2. The standard InChI is InChI=1S/C16H30N2O3/c1-13(7-8-15(19)20)9-11-17-16(21)18-12-10-14-5-3-2-4-6-14/h13-14H,2-12H2,1H3,(H,19,20)(H2,17,18,21). The quantitative estimate of drug-likeness (QED) is 0.612. The second kappa shape index (κ2) is 10.5. The molecule has 1 saturated carbocycles. The molecule has 1 aliphatic carbocycles. The molecule has 3 N–H and O–H groups in total. The van der Waals surface area contributed by atoms with Crippen molar-refractivity contribution in [3.63, 3.8) is 0 Å². The lowest BCUT2D eigenvalue weighted by Gasteiger charge is -2.21. The van der Waals surface area contributed by atoms with Crippen LogP contribution in [0.4, 0.5) is 4.79 Å². The Kier molecular flexibility index (Phi) is 8.87. The Labute approximate surface area is 127 Å². The lowest BCUT2D eigenvalue weighted by Crippen LogP contribution is -2.37. The van der Waals surface area contributed by atoms with E-state index >= 15 is 0 Å². The molecule has 1 unspecified atom stereocenters. The van der Waals surface area contributed by atoms with Gasteiger partial charge in [0.1, 0.15) is 0 Å².